The molecule has 1 unspecified atom stereocenters. The SMILES string of the molecule is C=CCCCC(N)c1cscn1. The average Bonchev–Trinajstić information content (AvgIpc) is 2.56. The topological polar surface area (TPSA) is 38.9 Å². The lowest BCUT2D eigenvalue weighted by Crippen LogP contribution is -2.10. The third-order valence-corrected chi connectivity index (χ3v) is 2.36. The summed E-state index contributed by atoms with van der Waals surface area (Å²) in [5.74, 6) is 0. The highest BCUT2D eigenvalue weighted by molar-refractivity contribution is 7.07. The maximum Gasteiger partial charge on any atom is 0.0795 e. The molecule has 1 aromatic rings. The zero-order valence-corrected chi connectivity index (χ0v) is 7.89. The number of unbranched alkanes of at least 4 members (excludes halogenated alkanes) is 1. The molecule has 1 atom stereocenters. The molecule has 66 valence electrons. The summed E-state index contributed by atoms with van der Waals surface area (Å²) in [4.78, 5) is 4.16. The Balaban J connectivity index is 2.29. The minimum absolute atomic E-state index is 0.108. The van der Waals surface area contributed by atoms with Gasteiger partial charge in [-0.1, -0.05) is 6.08 Å². The lowest BCUT2D eigenvalue weighted by Gasteiger charge is -2.06. The van der Waals surface area contributed by atoms with E-state index in [0.717, 1.165) is 25.0 Å². The van der Waals surface area contributed by atoms with Crippen LogP contribution in [0.2, 0.25) is 0 Å². The average molecular weight is 182 g/mol. The number of rotatable bonds is 5. The molecule has 0 amide bonds. The van der Waals surface area contributed by atoms with Crippen molar-refractivity contribution >= 4 is 11.3 Å². The van der Waals surface area contributed by atoms with E-state index >= 15 is 0 Å². The number of thiazole rings is 1. The highest BCUT2D eigenvalue weighted by atomic mass is 32.1. The standard InChI is InChI=1S/C9H14N2S/c1-2-3-4-5-8(10)9-6-12-7-11-9/h2,6-8H,1,3-5,10H2. The predicted molar refractivity (Wildman–Crippen MR) is 53.1 cm³/mol. The quantitative estimate of drug-likeness (QED) is 0.561. The van der Waals surface area contributed by atoms with E-state index in [4.69, 9.17) is 5.73 Å². The summed E-state index contributed by atoms with van der Waals surface area (Å²) in [6.45, 7) is 3.67. The molecule has 1 heterocycles. The van der Waals surface area contributed by atoms with Gasteiger partial charge in [0.1, 0.15) is 0 Å². The Morgan fingerprint density at radius 2 is 2.58 bits per heavy atom. The van der Waals surface area contributed by atoms with Gasteiger partial charge in [0.05, 0.1) is 11.2 Å². The minimum Gasteiger partial charge on any atom is -0.323 e. The fourth-order valence-corrected chi connectivity index (χ4v) is 1.65. The monoisotopic (exact) mass is 182 g/mol. The highest BCUT2D eigenvalue weighted by Crippen LogP contribution is 2.16. The van der Waals surface area contributed by atoms with Gasteiger partial charge in [-0.3, -0.25) is 0 Å². The molecule has 1 aromatic heterocycles. The second-order valence-corrected chi connectivity index (χ2v) is 3.46. The molecule has 0 bridgehead atoms. The Hall–Kier alpha value is -0.670. The van der Waals surface area contributed by atoms with Gasteiger partial charge >= 0.3 is 0 Å². The van der Waals surface area contributed by atoms with Crippen LogP contribution in [0.25, 0.3) is 0 Å². The summed E-state index contributed by atoms with van der Waals surface area (Å²) in [5, 5.41) is 2.01. The first-order valence-corrected chi connectivity index (χ1v) is 5.03. The maximum absolute atomic E-state index is 5.89. The van der Waals surface area contributed by atoms with E-state index in [1.54, 1.807) is 11.3 Å². The normalized spacial score (nSPS) is 12.8. The Bertz CT molecular complexity index is 218. The molecule has 0 fully saturated rings. The van der Waals surface area contributed by atoms with E-state index in [0.29, 0.717) is 0 Å². The van der Waals surface area contributed by atoms with Crippen LogP contribution in [0, 0.1) is 0 Å². The van der Waals surface area contributed by atoms with E-state index in [9.17, 15) is 0 Å². The minimum atomic E-state index is 0.108. The zero-order chi connectivity index (χ0) is 8.81. The van der Waals surface area contributed by atoms with Gasteiger partial charge in [-0.2, -0.15) is 0 Å². The summed E-state index contributed by atoms with van der Waals surface area (Å²) in [6, 6.07) is 0.108. The molecule has 2 N–H and O–H groups in total. The Kier molecular flexibility index (Phi) is 3.97. The van der Waals surface area contributed by atoms with E-state index in [1.165, 1.54) is 0 Å². The van der Waals surface area contributed by atoms with Crippen molar-refractivity contribution < 1.29 is 0 Å². The molecule has 0 radical (unpaired) electrons. The first-order valence-electron chi connectivity index (χ1n) is 4.09. The number of aromatic nitrogens is 1. The van der Waals surface area contributed by atoms with E-state index in [1.807, 2.05) is 17.0 Å². The Labute approximate surface area is 77.1 Å². The Morgan fingerprint density at radius 1 is 1.75 bits per heavy atom. The molecule has 12 heavy (non-hydrogen) atoms. The van der Waals surface area contributed by atoms with Gasteiger partial charge in [0.25, 0.3) is 0 Å². The highest BCUT2D eigenvalue weighted by Gasteiger charge is 2.05. The van der Waals surface area contributed by atoms with Crippen LogP contribution in [0.15, 0.2) is 23.5 Å². The second kappa shape index (κ2) is 5.06. The van der Waals surface area contributed by atoms with Crippen LogP contribution in [-0.2, 0) is 0 Å². The van der Waals surface area contributed by atoms with E-state index in [2.05, 4.69) is 11.6 Å². The van der Waals surface area contributed by atoms with Crippen molar-refractivity contribution in [2.24, 2.45) is 5.73 Å². The van der Waals surface area contributed by atoms with Crippen molar-refractivity contribution in [1.82, 2.24) is 4.98 Å². The van der Waals surface area contributed by atoms with Crippen molar-refractivity contribution in [3.05, 3.63) is 29.2 Å². The van der Waals surface area contributed by atoms with Crippen molar-refractivity contribution in [3.8, 4) is 0 Å². The zero-order valence-electron chi connectivity index (χ0n) is 7.07. The fraction of sp³-hybridized carbons (Fsp3) is 0.444. The van der Waals surface area contributed by atoms with Crippen LogP contribution in [-0.4, -0.2) is 4.98 Å². The van der Waals surface area contributed by atoms with Crippen molar-refractivity contribution in [2.45, 2.75) is 25.3 Å². The number of hydrogen-bond acceptors (Lipinski definition) is 3. The summed E-state index contributed by atoms with van der Waals surface area (Å²) in [5.41, 5.74) is 8.73. The van der Waals surface area contributed by atoms with Crippen LogP contribution < -0.4 is 5.73 Å². The van der Waals surface area contributed by atoms with Gasteiger partial charge in [-0.25, -0.2) is 4.98 Å². The largest absolute Gasteiger partial charge is 0.323 e. The van der Waals surface area contributed by atoms with Crippen LogP contribution in [0.3, 0.4) is 0 Å². The summed E-state index contributed by atoms with van der Waals surface area (Å²) in [6.07, 6.45) is 5.06. The van der Waals surface area contributed by atoms with Gasteiger partial charge in [-0.15, -0.1) is 17.9 Å². The number of nitrogens with zero attached hydrogens (tertiary/aromatic N) is 1. The van der Waals surface area contributed by atoms with Gasteiger partial charge in [-0.05, 0) is 19.3 Å². The molecule has 0 aromatic carbocycles. The molecule has 2 nitrogen and oxygen atoms in total. The molecule has 3 heteroatoms. The van der Waals surface area contributed by atoms with Gasteiger partial charge in [0.15, 0.2) is 0 Å². The van der Waals surface area contributed by atoms with Gasteiger partial charge in [0, 0.05) is 11.4 Å². The molecule has 0 aliphatic rings. The second-order valence-electron chi connectivity index (χ2n) is 2.74. The summed E-state index contributed by atoms with van der Waals surface area (Å²) < 4.78 is 0. The maximum atomic E-state index is 5.89. The first kappa shape index (κ1) is 9.42. The molecule has 1 rings (SSSR count). The van der Waals surface area contributed by atoms with E-state index < -0.39 is 0 Å². The summed E-state index contributed by atoms with van der Waals surface area (Å²) >= 11 is 1.60. The predicted octanol–water partition coefficient (Wildman–Crippen LogP) is 2.50. The van der Waals surface area contributed by atoms with Crippen LogP contribution in [0.5, 0.6) is 0 Å². The molecule has 0 saturated carbocycles. The number of allylic oxidation sites excluding steroid dienone is 1. The van der Waals surface area contributed by atoms with E-state index in [-0.39, 0.29) is 6.04 Å². The van der Waals surface area contributed by atoms with Gasteiger partial charge < -0.3 is 5.73 Å². The van der Waals surface area contributed by atoms with Crippen LogP contribution in [0.1, 0.15) is 31.0 Å². The third-order valence-electron chi connectivity index (χ3n) is 1.75. The third kappa shape index (κ3) is 2.75. The fourth-order valence-electron chi connectivity index (χ4n) is 1.03. The lowest BCUT2D eigenvalue weighted by atomic mass is 10.1. The molecular weight excluding hydrogens is 168 g/mol. The van der Waals surface area contributed by atoms with Crippen LogP contribution in [0.4, 0.5) is 0 Å². The molecule has 0 aliphatic heterocycles. The van der Waals surface area contributed by atoms with Crippen LogP contribution >= 0.6 is 11.3 Å². The van der Waals surface area contributed by atoms with Crippen molar-refractivity contribution in [1.29, 1.82) is 0 Å². The molecule has 0 aliphatic carbocycles. The summed E-state index contributed by atoms with van der Waals surface area (Å²) in [7, 11) is 0. The van der Waals surface area contributed by atoms with Crippen molar-refractivity contribution in [3.63, 3.8) is 0 Å². The lowest BCUT2D eigenvalue weighted by molar-refractivity contribution is 0.606. The molecule has 0 saturated heterocycles. The Morgan fingerprint density at radius 3 is 3.17 bits per heavy atom. The van der Waals surface area contributed by atoms with Gasteiger partial charge in [0.2, 0.25) is 0 Å². The first-order chi connectivity index (χ1) is 5.84. The molecule has 0 spiro atoms. The molecular formula is C9H14N2S. The smallest absolute Gasteiger partial charge is 0.0795 e. The number of hydrogen-bond donors (Lipinski definition) is 1. The number of nitrogens with two attached hydrogens (primary N) is 1. The van der Waals surface area contributed by atoms with Crippen molar-refractivity contribution in [2.75, 3.05) is 0 Å².